The van der Waals surface area contributed by atoms with Crippen molar-refractivity contribution in [2.75, 3.05) is 6.61 Å². The van der Waals surface area contributed by atoms with Crippen molar-refractivity contribution < 1.29 is 58.1 Å². The lowest BCUT2D eigenvalue weighted by Gasteiger charge is -2.32. The summed E-state index contributed by atoms with van der Waals surface area (Å²) in [5.41, 5.74) is -2.16. The minimum absolute atomic E-state index is 0.0793. The second-order valence-electron chi connectivity index (χ2n) is 10.6. The molecule has 3 nitrogen and oxygen atoms in total. The number of ether oxygens (including phenoxy) is 3. The van der Waals surface area contributed by atoms with E-state index in [1.54, 1.807) is 0 Å². The standard InChI is InChI=1S/C30H24F10O3/c31-21-9-16(26-8-6-17(14-41-26)15-3-1-2-4-15)5-7-20(21)18-10-22(32)27(23(33)11-18)29(36,37)42-19-12-24(34)28(25(35)13-19)43-30(38,39)40/h5,7,9-13,15,17,26H,1-4,6,8,14H2. The van der Waals surface area contributed by atoms with Gasteiger partial charge in [0.15, 0.2) is 11.6 Å². The highest BCUT2D eigenvalue weighted by molar-refractivity contribution is 5.65. The fourth-order valence-corrected chi connectivity index (χ4v) is 5.82. The molecule has 2 aliphatic rings. The molecule has 2 atom stereocenters. The summed E-state index contributed by atoms with van der Waals surface area (Å²) in [6.07, 6.45) is -4.37. The fourth-order valence-electron chi connectivity index (χ4n) is 5.82. The first-order valence-corrected chi connectivity index (χ1v) is 13.4. The lowest BCUT2D eigenvalue weighted by molar-refractivity contribution is -0.276. The van der Waals surface area contributed by atoms with Crippen molar-refractivity contribution in [3.05, 3.63) is 82.7 Å². The molecule has 43 heavy (non-hydrogen) atoms. The molecule has 1 aliphatic heterocycles. The Morgan fingerprint density at radius 2 is 1.28 bits per heavy atom. The Labute approximate surface area is 239 Å². The van der Waals surface area contributed by atoms with Gasteiger partial charge in [-0.05, 0) is 54.0 Å². The van der Waals surface area contributed by atoms with Crippen molar-refractivity contribution >= 4 is 0 Å². The first-order chi connectivity index (χ1) is 20.2. The Balaban J connectivity index is 1.32. The van der Waals surface area contributed by atoms with Crippen LogP contribution in [-0.2, 0) is 10.8 Å². The number of alkyl halides is 5. The number of hydrogen-bond acceptors (Lipinski definition) is 3. The van der Waals surface area contributed by atoms with Gasteiger partial charge in [0.1, 0.15) is 28.8 Å². The zero-order chi connectivity index (χ0) is 31.1. The highest BCUT2D eigenvalue weighted by Gasteiger charge is 2.42. The van der Waals surface area contributed by atoms with Crippen LogP contribution in [0.3, 0.4) is 0 Å². The molecular weight excluding hydrogens is 598 g/mol. The van der Waals surface area contributed by atoms with Crippen LogP contribution in [0.5, 0.6) is 11.5 Å². The molecule has 1 heterocycles. The zero-order valence-electron chi connectivity index (χ0n) is 22.2. The van der Waals surface area contributed by atoms with Crippen LogP contribution in [0, 0.1) is 40.9 Å². The van der Waals surface area contributed by atoms with Crippen molar-refractivity contribution in [3.8, 4) is 22.6 Å². The Morgan fingerprint density at radius 3 is 1.81 bits per heavy atom. The molecule has 0 aromatic heterocycles. The normalized spacial score (nSPS) is 20.0. The van der Waals surface area contributed by atoms with E-state index in [0.29, 0.717) is 42.6 Å². The lowest BCUT2D eigenvalue weighted by atomic mass is 9.84. The maximum atomic E-state index is 15.1. The zero-order valence-corrected chi connectivity index (χ0v) is 22.2. The second-order valence-corrected chi connectivity index (χ2v) is 10.6. The molecule has 232 valence electrons. The molecule has 0 bridgehead atoms. The summed E-state index contributed by atoms with van der Waals surface area (Å²) in [5.74, 6) is -11.0. The Kier molecular flexibility index (Phi) is 8.56. The number of hydrogen-bond donors (Lipinski definition) is 0. The van der Waals surface area contributed by atoms with E-state index >= 15 is 4.39 Å². The monoisotopic (exact) mass is 622 g/mol. The first kappa shape index (κ1) is 31.0. The highest BCUT2D eigenvalue weighted by Crippen LogP contribution is 2.42. The highest BCUT2D eigenvalue weighted by atomic mass is 19.4. The van der Waals surface area contributed by atoms with Gasteiger partial charge in [-0.3, -0.25) is 0 Å². The molecule has 2 fully saturated rings. The van der Waals surface area contributed by atoms with E-state index in [9.17, 15) is 39.5 Å². The maximum absolute atomic E-state index is 15.1. The van der Waals surface area contributed by atoms with Gasteiger partial charge in [-0.1, -0.05) is 37.8 Å². The van der Waals surface area contributed by atoms with Crippen LogP contribution in [0.15, 0.2) is 42.5 Å². The molecule has 0 amide bonds. The molecule has 3 aromatic carbocycles. The van der Waals surface area contributed by atoms with E-state index in [4.69, 9.17) is 4.74 Å². The number of rotatable bonds is 7. The van der Waals surface area contributed by atoms with Gasteiger partial charge in [-0.2, -0.15) is 8.78 Å². The van der Waals surface area contributed by atoms with Gasteiger partial charge >= 0.3 is 12.5 Å². The smallest absolute Gasteiger partial charge is 0.429 e. The summed E-state index contributed by atoms with van der Waals surface area (Å²) in [6, 6.07) is 4.63. The van der Waals surface area contributed by atoms with Crippen LogP contribution in [0.2, 0.25) is 0 Å². The van der Waals surface area contributed by atoms with Crippen LogP contribution < -0.4 is 9.47 Å². The van der Waals surface area contributed by atoms with E-state index in [2.05, 4.69) is 9.47 Å². The number of benzene rings is 3. The molecule has 13 heteroatoms. The third-order valence-electron chi connectivity index (χ3n) is 7.82. The van der Waals surface area contributed by atoms with Crippen LogP contribution in [0.25, 0.3) is 11.1 Å². The van der Waals surface area contributed by atoms with E-state index in [1.165, 1.54) is 37.8 Å². The summed E-state index contributed by atoms with van der Waals surface area (Å²) in [4.78, 5) is 0. The third kappa shape index (κ3) is 6.86. The van der Waals surface area contributed by atoms with Crippen molar-refractivity contribution in [1.29, 1.82) is 0 Å². The molecular formula is C30H24F10O3. The molecule has 3 aromatic rings. The summed E-state index contributed by atoms with van der Waals surface area (Å²) in [5, 5.41) is 0. The second kappa shape index (κ2) is 11.9. The average molecular weight is 622 g/mol. The molecule has 5 rings (SSSR count). The quantitative estimate of drug-likeness (QED) is 0.246. The molecule has 0 radical (unpaired) electrons. The third-order valence-corrected chi connectivity index (χ3v) is 7.82. The fraction of sp³-hybridized carbons (Fsp3) is 0.400. The SMILES string of the molecule is Fc1cc(C2CCC(C3CCCC3)CO2)ccc1-c1cc(F)c(C(F)(F)Oc2cc(F)c(OC(F)(F)F)c(F)c2)c(F)c1. The summed E-state index contributed by atoms with van der Waals surface area (Å²) in [6.45, 7) is 0.553. The van der Waals surface area contributed by atoms with Gasteiger partial charge in [0.05, 0.1) is 12.7 Å². The molecule has 1 saturated carbocycles. The number of halogens is 10. The lowest BCUT2D eigenvalue weighted by Crippen LogP contribution is -2.26. The minimum Gasteiger partial charge on any atom is -0.429 e. The van der Waals surface area contributed by atoms with Gasteiger partial charge in [0, 0.05) is 17.7 Å². The summed E-state index contributed by atoms with van der Waals surface area (Å²) in [7, 11) is 0. The van der Waals surface area contributed by atoms with E-state index < -0.39 is 64.2 Å². The van der Waals surface area contributed by atoms with Gasteiger partial charge in [-0.25, -0.2) is 22.0 Å². The Morgan fingerprint density at radius 1 is 0.651 bits per heavy atom. The minimum atomic E-state index is -5.50. The van der Waals surface area contributed by atoms with Crippen molar-refractivity contribution in [3.63, 3.8) is 0 Å². The maximum Gasteiger partial charge on any atom is 0.573 e. The largest absolute Gasteiger partial charge is 0.573 e. The van der Waals surface area contributed by atoms with E-state index in [0.717, 1.165) is 12.5 Å². The van der Waals surface area contributed by atoms with Crippen molar-refractivity contribution in [2.45, 2.75) is 57.1 Å². The summed E-state index contributed by atoms with van der Waals surface area (Å²) >= 11 is 0. The van der Waals surface area contributed by atoms with E-state index in [-0.39, 0.29) is 23.8 Å². The van der Waals surface area contributed by atoms with Crippen LogP contribution >= 0.6 is 0 Å². The molecule has 1 aliphatic carbocycles. The Hall–Kier alpha value is -3.48. The first-order valence-electron chi connectivity index (χ1n) is 13.4. The molecule has 2 unspecified atom stereocenters. The molecule has 1 saturated heterocycles. The van der Waals surface area contributed by atoms with Crippen molar-refractivity contribution in [2.24, 2.45) is 11.8 Å². The average Bonchev–Trinajstić information content (AvgIpc) is 3.45. The topological polar surface area (TPSA) is 27.7 Å². The van der Waals surface area contributed by atoms with Crippen LogP contribution in [0.4, 0.5) is 43.9 Å². The van der Waals surface area contributed by atoms with Crippen molar-refractivity contribution in [1.82, 2.24) is 0 Å². The Bertz CT molecular complexity index is 1430. The summed E-state index contributed by atoms with van der Waals surface area (Å²) < 4.78 is 152. The molecule has 0 spiro atoms. The molecule has 0 N–H and O–H groups in total. The van der Waals surface area contributed by atoms with Crippen LogP contribution in [-0.4, -0.2) is 13.0 Å². The van der Waals surface area contributed by atoms with E-state index in [1.807, 2.05) is 0 Å². The predicted octanol–water partition coefficient (Wildman–Crippen LogP) is 9.73. The van der Waals surface area contributed by atoms with Gasteiger partial charge < -0.3 is 14.2 Å². The van der Waals surface area contributed by atoms with Gasteiger partial charge in [-0.15, -0.1) is 13.2 Å². The van der Waals surface area contributed by atoms with Crippen LogP contribution in [0.1, 0.15) is 55.8 Å². The predicted molar refractivity (Wildman–Crippen MR) is 133 cm³/mol. The van der Waals surface area contributed by atoms with Gasteiger partial charge in [0.25, 0.3) is 0 Å². The van der Waals surface area contributed by atoms with Gasteiger partial charge in [0.2, 0.25) is 5.75 Å².